The lowest BCUT2D eigenvalue weighted by Crippen LogP contribution is -2.58. The molecule has 11 rings (SSSR count). The van der Waals surface area contributed by atoms with E-state index in [-0.39, 0.29) is 74.0 Å². The zero-order valence-corrected chi connectivity index (χ0v) is 53.8. The molecular formula is C66H74BrN5O18. The number of amides is 11. The number of phenols is 2. The lowest BCUT2D eigenvalue weighted by atomic mass is 10.0. The Morgan fingerprint density at radius 3 is 1.17 bits per heavy atom. The van der Waals surface area contributed by atoms with E-state index in [0.717, 1.165) is 22.3 Å². The van der Waals surface area contributed by atoms with Gasteiger partial charge < -0.3 is 24.4 Å². The van der Waals surface area contributed by atoms with Crippen LogP contribution in [-0.2, 0) is 101 Å². The van der Waals surface area contributed by atoms with Crippen LogP contribution in [0, 0.1) is 13.8 Å². The molecule has 2 aliphatic carbocycles. The number of aryl methyl sites for hydroxylation is 2. The predicted molar refractivity (Wildman–Crippen MR) is 328 cm³/mol. The molecule has 23 nitrogen and oxygen atoms in total. The van der Waals surface area contributed by atoms with Crippen LogP contribution >= 0.6 is 15.9 Å². The number of carbonyl (C=O) groups is 13. The highest BCUT2D eigenvalue weighted by atomic mass is 79.9. The number of halogens is 1. The van der Waals surface area contributed by atoms with Gasteiger partial charge in [0.25, 0.3) is 17.7 Å². The van der Waals surface area contributed by atoms with E-state index in [1.807, 2.05) is 25.1 Å². The molecule has 5 heterocycles. The van der Waals surface area contributed by atoms with Crippen molar-refractivity contribution in [2.24, 2.45) is 0 Å². The molecule has 7 aliphatic rings. The first-order chi connectivity index (χ1) is 41.9. The normalized spacial score (nSPS) is 19.5. The van der Waals surface area contributed by atoms with Crippen molar-refractivity contribution >= 4 is 104 Å². The molecule has 0 aromatic heterocycles. The molecule has 90 heavy (non-hydrogen) atoms. The molecule has 11 amide bonds. The van der Waals surface area contributed by atoms with Crippen molar-refractivity contribution in [2.75, 3.05) is 9.80 Å². The van der Waals surface area contributed by atoms with Crippen molar-refractivity contribution < 1.29 is 86.8 Å². The smallest absolute Gasteiger partial charge is 0.424 e. The number of anilines is 2. The number of hydrogen-bond donors (Lipinski definition) is 2. The summed E-state index contributed by atoms with van der Waals surface area (Å²) in [5.74, 6) is -3.43. The van der Waals surface area contributed by atoms with Crippen LogP contribution in [-0.4, -0.2) is 136 Å². The Morgan fingerprint density at radius 1 is 0.411 bits per heavy atom. The zero-order valence-electron chi connectivity index (χ0n) is 52.2. The van der Waals surface area contributed by atoms with Crippen LogP contribution < -0.4 is 9.80 Å². The Kier molecular flexibility index (Phi) is 20.9. The number of benzene rings is 4. The van der Waals surface area contributed by atoms with Crippen LogP contribution in [0.5, 0.6) is 11.5 Å². The molecule has 0 spiro atoms. The van der Waals surface area contributed by atoms with Gasteiger partial charge in [0.15, 0.2) is 0 Å². The third-order valence-electron chi connectivity index (χ3n) is 14.6. The number of aromatic hydroxyl groups is 2. The van der Waals surface area contributed by atoms with Crippen molar-refractivity contribution in [3.8, 4) is 11.5 Å². The van der Waals surface area contributed by atoms with Gasteiger partial charge in [-0.2, -0.15) is 14.7 Å². The Bertz CT molecular complexity index is 3430. The zero-order chi connectivity index (χ0) is 66.6. The van der Waals surface area contributed by atoms with Gasteiger partial charge in [0, 0.05) is 56.3 Å². The Labute approximate surface area is 529 Å². The first-order valence-corrected chi connectivity index (χ1v) is 30.2. The SMILES string of the molecule is CC(C)(C)OC(=O)N1C(=O)CCC(Br)C1=O.CC(C)(C)OC(=O)N1C(=O)CCC(N2C(=O)Cc3cc(O)ccc32)C1=O.Cc1ccc2c(c1)CC(=O)C2.Cc1ccc2c(c1)CC(=O)N2C1CCC(=O)N(C(=O)OC(C)(C)C)C1=O.O=C1Cc2ccc(O)cc2C1. The highest BCUT2D eigenvalue weighted by Crippen LogP contribution is 2.38. The molecule has 3 unspecified atom stereocenters. The van der Waals surface area contributed by atoms with Gasteiger partial charge in [-0.15, -0.1) is 0 Å². The number of ketones is 2. The maximum Gasteiger partial charge on any atom is 0.424 e. The van der Waals surface area contributed by atoms with Gasteiger partial charge >= 0.3 is 18.3 Å². The largest absolute Gasteiger partial charge is 0.508 e. The summed E-state index contributed by atoms with van der Waals surface area (Å²) < 4.78 is 15.3. The fourth-order valence-electron chi connectivity index (χ4n) is 10.8. The maximum absolute atomic E-state index is 12.9. The molecule has 24 heteroatoms. The number of imide groups is 9. The minimum absolute atomic E-state index is 0.000619. The van der Waals surface area contributed by atoms with Gasteiger partial charge in [-0.1, -0.05) is 63.5 Å². The molecule has 0 saturated carbocycles. The second kappa shape index (κ2) is 27.4. The molecular weight excluding hydrogens is 1230 g/mol. The summed E-state index contributed by atoms with van der Waals surface area (Å²) in [4.78, 5) is 160. The number of ether oxygens (including phenoxy) is 3. The summed E-state index contributed by atoms with van der Waals surface area (Å²) >= 11 is 3.12. The topological polar surface area (TPSA) is 306 Å². The molecule has 5 aliphatic heterocycles. The summed E-state index contributed by atoms with van der Waals surface area (Å²) in [6, 6.07) is 19.5. The first kappa shape index (κ1) is 68.6. The molecule has 0 radical (unpaired) electrons. The molecule has 4 aromatic rings. The van der Waals surface area contributed by atoms with Gasteiger partial charge in [-0.25, -0.2) is 14.4 Å². The van der Waals surface area contributed by atoms with E-state index < -0.39 is 87.4 Å². The van der Waals surface area contributed by atoms with E-state index in [0.29, 0.717) is 69.5 Å². The Balaban J connectivity index is 0.000000167. The fraction of sp³-hybridized carbons (Fsp3) is 0.439. The van der Waals surface area contributed by atoms with Crippen molar-refractivity contribution in [1.82, 2.24) is 14.7 Å². The molecule has 0 bridgehead atoms. The summed E-state index contributed by atoms with van der Waals surface area (Å²) in [5.41, 5.74) is 6.97. The van der Waals surface area contributed by atoms with Gasteiger partial charge in [-0.05, 0) is 165 Å². The Hall–Kier alpha value is -8.93. The number of alkyl halides is 1. The number of phenolic OH excluding ortho intramolecular Hbond substituents is 2. The highest BCUT2D eigenvalue weighted by molar-refractivity contribution is 9.10. The van der Waals surface area contributed by atoms with E-state index >= 15 is 0 Å². The lowest BCUT2D eigenvalue weighted by Gasteiger charge is -2.35. The fourth-order valence-corrected chi connectivity index (χ4v) is 11.2. The van der Waals surface area contributed by atoms with E-state index in [2.05, 4.69) is 41.1 Å². The van der Waals surface area contributed by atoms with Crippen molar-refractivity contribution in [3.05, 3.63) is 117 Å². The third-order valence-corrected chi connectivity index (χ3v) is 15.5. The van der Waals surface area contributed by atoms with Gasteiger partial charge in [-0.3, -0.25) is 57.7 Å². The monoisotopic (exact) mass is 1300 g/mol. The third kappa shape index (κ3) is 16.9. The molecule has 478 valence electrons. The number of piperidine rings is 3. The summed E-state index contributed by atoms with van der Waals surface area (Å²) in [5, 5.41) is 18.6. The number of Topliss-reactive ketones (excluding diaryl/α,β-unsaturated/α-hetero) is 2. The quantitative estimate of drug-likeness (QED) is 0.108. The van der Waals surface area contributed by atoms with Gasteiger partial charge in [0.1, 0.15) is 52.0 Å². The molecule has 3 fully saturated rings. The van der Waals surface area contributed by atoms with Crippen LogP contribution in [0.4, 0.5) is 25.8 Å². The first-order valence-electron chi connectivity index (χ1n) is 29.3. The van der Waals surface area contributed by atoms with Crippen LogP contribution in [0.25, 0.3) is 0 Å². The van der Waals surface area contributed by atoms with Crippen molar-refractivity contribution in [1.29, 1.82) is 0 Å². The predicted octanol–water partition coefficient (Wildman–Crippen LogP) is 8.63. The standard InChI is InChI=1S/C19H22N2O5.C18H20N2O6.C10H14BrNO4.C10H10O.C9H8O2/c1-11-5-6-13-12(9-11)10-16(23)20(13)14-7-8-15(22)21(17(14)24)18(25)26-19(2,3)4;1-18(2,3)26-17(25)20-14(22)7-6-13(16(20)24)19-12-5-4-11(21)8-10(12)9-15(19)23;1-10(2,3)16-9(15)12-7(13)5-4-6(11)8(12)14;1-7-2-3-8-5-10(11)6-9(8)4-7;10-8-2-1-6-3-9(11)5-7(6)4-8/h5-6,9,14H,7-8,10H2,1-4H3;4-5,8,13,21H,6-7,9H2,1-3H3;6H,4-5H2,1-3H3;2-4H,5-6H2,1H3;1-2,4,10H,3,5H2. The summed E-state index contributed by atoms with van der Waals surface area (Å²) in [7, 11) is 0. The number of rotatable bonds is 2. The molecule has 3 atom stereocenters. The van der Waals surface area contributed by atoms with Gasteiger partial charge in [0.05, 0.1) is 17.7 Å². The summed E-state index contributed by atoms with van der Waals surface area (Å²) in [6.45, 7) is 18.9. The molecule has 2 N–H and O–H groups in total. The van der Waals surface area contributed by atoms with Gasteiger partial charge in [0.2, 0.25) is 29.5 Å². The van der Waals surface area contributed by atoms with E-state index in [9.17, 15) is 67.4 Å². The van der Waals surface area contributed by atoms with Crippen LogP contribution in [0.3, 0.4) is 0 Å². The van der Waals surface area contributed by atoms with Crippen LogP contribution in [0.1, 0.15) is 145 Å². The highest BCUT2D eigenvalue weighted by Gasteiger charge is 2.49. The minimum atomic E-state index is -1.03. The second-order valence-corrected chi connectivity index (χ2v) is 26.7. The van der Waals surface area contributed by atoms with Crippen LogP contribution in [0.15, 0.2) is 72.8 Å². The number of carbonyl (C=O) groups excluding carboxylic acids is 13. The second-order valence-electron chi connectivity index (χ2n) is 25.6. The minimum Gasteiger partial charge on any atom is -0.508 e. The average molecular weight is 1310 g/mol. The number of nitrogens with zero attached hydrogens (tertiary/aromatic N) is 5. The van der Waals surface area contributed by atoms with Crippen LogP contribution in [0.2, 0.25) is 0 Å². The van der Waals surface area contributed by atoms with E-state index in [1.54, 1.807) is 86.6 Å². The van der Waals surface area contributed by atoms with Crippen molar-refractivity contribution in [3.63, 3.8) is 0 Å². The number of fused-ring (bicyclic) bond motifs is 4. The summed E-state index contributed by atoms with van der Waals surface area (Å²) in [6.07, 6.45) is 0.514. The van der Waals surface area contributed by atoms with E-state index in [1.165, 1.54) is 38.6 Å². The Morgan fingerprint density at radius 2 is 0.733 bits per heavy atom. The molecule has 4 aromatic carbocycles. The number of likely N-dealkylation sites (tertiary alicyclic amines) is 3. The molecule has 3 saturated heterocycles. The number of hydrogen-bond acceptors (Lipinski definition) is 18. The lowest BCUT2D eigenvalue weighted by molar-refractivity contribution is -0.150. The van der Waals surface area contributed by atoms with Crippen molar-refractivity contribution in [2.45, 2.75) is 187 Å². The van der Waals surface area contributed by atoms with E-state index in [4.69, 9.17) is 19.3 Å². The average Bonchev–Trinajstić information content (AvgIpc) is 1.54. The maximum atomic E-state index is 12.9.